The van der Waals surface area contributed by atoms with Crippen molar-refractivity contribution in [2.75, 3.05) is 0 Å². The highest BCUT2D eigenvalue weighted by Gasteiger charge is 2.23. The SMILES string of the molecule is CC(C)(C)c1cc2ccc3c(-c4cccc(-c5ccc6ccccc6c5)c4)cc(C4C=CC(c5ccccn5)=CC4)c4ccc(c1)c2c34. The van der Waals surface area contributed by atoms with E-state index >= 15 is 0 Å². The lowest BCUT2D eigenvalue weighted by atomic mass is 9.79. The van der Waals surface area contributed by atoms with E-state index in [2.05, 4.69) is 165 Å². The molecular formula is C47H37N. The van der Waals surface area contributed by atoms with E-state index in [0.29, 0.717) is 0 Å². The summed E-state index contributed by atoms with van der Waals surface area (Å²) in [5.74, 6) is 0.273. The van der Waals surface area contributed by atoms with E-state index in [1.165, 1.54) is 82.0 Å². The first-order valence-corrected chi connectivity index (χ1v) is 17.1. The zero-order valence-electron chi connectivity index (χ0n) is 27.7. The predicted molar refractivity (Wildman–Crippen MR) is 206 cm³/mol. The van der Waals surface area contributed by atoms with Crippen molar-refractivity contribution in [1.29, 1.82) is 0 Å². The normalized spacial score (nSPS) is 15.1. The molecule has 1 nitrogen and oxygen atoms in total. The Morgan fingerprint density at radius 3 is 2.06 bits per heavy atom. The number of benzene rings is 7. The lowest BCUT2D eigenvalue weighted by Crippen LogP contribution is -2.11. The third-order valence-corrected chi connectivity index (χ3v) is 10.3. The van der Waals surface area contributed by atoms with E-state index in [1.54, 1.807) is 0 Å². The van der Waals surface area contributed by atoms with Crippen LogP contribution in [0.5, 0.6) is 0 Å². The van der Waals surface area contributed by atoms with Gasteiger partial charge in [-0.2, -0.15) is 0 Å². The largest absolute Gasteiger partial charge is 0.256 e. The van der Waals surface area contributed by atoms with Crippen molar-refractivity contribution in [2.45, 2.75) is 38.5 Å². The molecule has 0 fully saturated rings. The van der Waals surface area contributed by atoms with Crippen molar-refractivity contribution in [2.24, 2.45) is 0 Å². The lowest BCUT2D eigenvalue weighted by molar-refractivity contribution is 0.591. The zero-order chi connectivity index (χ0) is 32.4. The molecule has 0 saturated carbocycles. The molecule has 1 aliphatic carbocycles. The summed E-state index contributed by atoms with van der Waals surface area (Å²) in [6, 6.07) is 47.4. The Labute approximate surface area is 282 Å². The molecule has 0 spiro atoms. The highest BCUT2D eigenvalue weighted by molar-refractivity contribution is 6.26. The average Bonchev–Trinajstić information content (AvgIpc) is 3.13. The van der Waals surface area contributed by atoms with Crippen LogP contribution in [0.3, 0.4) is 0 Å². The molecule has 1 atom stereocenters. The number of hydrogen-bond acceptors (Lipinski definition) is 1. The summed E-state index contributed by atoms with van der Waals surface area (Å²) in [7, 11) is 0. The van der Waals surface area contributed by atoms with Gasteiger partial charge < -0.3 is 0 Å². The minimum Gasteiger partial charge on any atom is -0.256 e. The summed E-state index contributed by atoms with van der Waals surface area (Å²) < 4.78 is 0. The topological polar surface area (TPSA) is 12.9 Å². The van der Waals surface area contributed by atoms with Crippen LogP contribution in [0.15, 0.2) is 152 Å². The number of aromatic nitrogens is 1. The second-order valence-corrected chi connectivity index (χ2v) is 14.4. The van der Waals surface area contributed by atoms with Crippen LogP contribution >= 0.6 is 0 Å². The Kier molecular flexibility index (Phi) is 6.59. The summed E-state index contributed by atoms with van der Waals surface area (Å²) in [6.07, 6.45) is 9.84. The van der Waals surface area contributed by atoms with Crippen molar-refractivity contribution in [3.63, 3.8) is 0 Å². The molecule has 0 amide bonds. The molecule has 0 saturated heterocycles. The van der Waals surface area contributed by atoms with Gasteiger partial charge in [0.2, 0.25) is 0 Å². The molecule has 1 heteroatoms. The summed E-state index contributed by atoms with van der Waals surface area (Å²) in [6.45, 7) is 6.92. The fourth-order valence-corrected chi connectivity index (χ4v) is 7.73. The number of fused-ring (bicyclic) bond motifs is 1. The van der Waals surface area contributed by atoms with E-state index in [9.17, 15) is 0 Å². The van der Waals surface area contributed by atoms with Gasteiger partial charge in [-0.25, -0.2) is 0 Å². The van der Waals surface area contributed by atoms with E-state index in [-0.39, 0.29) is 11.3 Å². The van der Waals surface area contributed by atoms with E-state index in [1.807, 2.05) is 12.3 Å². The van der Waals surface area contributed by atoms with Crippen molar-refractivity contribution in [1.82, 2.24) is 4.98 Å². The Hall–Kier alpha value is -5.53. The van der Waals surface area contributed by atoms with E-state index < -0.39 is 0 Å². The molecule has 1 heterocycles. The fourth-order valence-electron chi connectivity index (χ4n) is 7.73. The number of rotatable bonds is 4. The molecule has 0 N–H and O–H groups in total. The fraction of sp³-hybridized carbons (Fsp3) is 0.128. The highest BCUT2D eigenvalue weighted by atomic mass is 14.7. The van der Waals surface area contributed by atoms with Crippen LogP contribution in [0.2, 0.25) is 0 Å². The molecule has 0 radical (unpaired) electrons. The molecule has 9 rings (SSSR count). The molecule has 0 aliphatic heterocycles. The first-order chi connectivity index (χ1) is 23.4. The molecular weight excluding hydrogens is 579 g/mol. The van der Waals surface area contributed by atoms with Gasteiger partial charge in [-0.3, -0.25) is 4.98 Å². The van der Waals surface area contributed by atoms with E-state index in [4.69, 9.17) is 0 Å². The highest BCUT2D eigenvalue weighted by Crippen LogP contribution is 2.46. The average molecular weight is 616 g/mol. The van der Waals surface area contributed by atoms with Crippen LogP contribution in [0.25, 0.3) is 70.9 Å². The minimum absolute atomic E-state index is 0.0779. The predicted octanol–water partition coefficient (Wildman–Crippen LogP) is 12.9. The van der Waals surface area contributed by atoms with Gasteiger partial charge in [0, 0.05) is 12.1 Å². The van der Waals surface area contributed by atoms with Crippen LogP contribution in [-0.2, 0) is 5.41 Å². The van der Waals surface area contributed by atoms with Gasteiger partial charge in [-0.05, 0) is 124 Å². The Balaban J connectivity index is 1.25. The Bertz CT molecular complexity index is 2540. The van der Waals surface area contributed by atoms with Crippen LogP contribution in [-0.4, -0.2) is 4.98 Å². The first kappa shape index (κ1) is 28.7. The lowest BCUT2D eigenvalue weighted by Gasteiger charge is -2.25. The zero-order valence-corrected chi connectivity index (χ0v) is 27.7. The molecule has 230 valence electrons. The maximum absolute atomic E-state index is 4.61. The number of nitrogens with zero attached hydrogens (tertiary/aromatic N) is 1. The van der Waals surface area contributed by atoms with Crippen molar-refractivity contribution in [3.8, 4) is 22.3 Å². The molecule has 1 aliphatic rings. The summed E-state index contributed by atoms with van der Waals surface area (Å²) in [5.41, 5.74) is 10.1. The van der Waals surface area contributed by atoms with Crippen LogP contribution in [0, 0.1) is 0 Å². The van der Waals surface area contributed by atoms with Gasteiger partial charge in [0.05, 0.1) is 5.69 Å². The molecule has 0 bridgehead atoms. The van der Waals surface area contributed by atoms with Crippen molar-refractivity contribution >= 4 is 48.7 Å². The molecule has 1 aromatic heterocycles. The Morgan fingerprint density at radius 2 is 1.31 bits per heavy atom. The van der Waals surface area contributed by atoms with Gasteiger partial charge >= 0.3 is 0 Å². The smallest absolute Gasteiger partial charge is 0.0698 e. The minimum atomic E-state index is 0.0779. The molecule has 7 aromatic carbocycles. The standard InChI is InChI=1S/C47H37N/c1-47(2,3)39-27-37-20-22-40-42(31-15-17-32(18-16-31)44-13-6-7-24-48-44)29-43(41-23-21-38(28-39)45(37)46(40)41)36-12-8-11-34(26-36)35-19-14-30-9-4-5-10-33(30)25-35/h4-15,17-29,31H,16H2,1-3H3. The van der Waals surface area contributed by atoms with Gasteiger partial charge in [-0.1, -0.05) is 136 Å². The van der Waals surface area contributed by atoms with Gasteiger partial charge in [0.15, 0.2) is 0 Å². The van der Waals surface area contributed by atoms with Crippen molar-refractivity contribution in [3.05, 3.63) is 169 Å². The third-order valence-electron chi connectivity index (χ3n) is 10.3. The summed E-state index contributed by atoms with van der Waals surface area (Å²) in [5, 5.41) is 10.6. The Morgan fingerprint density at radius 1 is 0.583 bits per heavy atom. The number of hydrogen-bond donors (Lipinski definition) is 0. The van der Waals surface area contributed by atoms with Gasteiger partial charge in [0.1, 0.15) is 0 Å². The van der Waals surface area contributed by atoms with Gasteiger partial charge in [-0.15, -0.1) is 0 Å². The number of pyridine rings is 1. The monoisotopic (exact) mass is 615 g/mol. The summed E-state index contributed by atoms with van der Waals surface area (Å²) >= 11 is 0. The first-order valence-electron chi connectivity index (χ1n) is 17.1. The quantitative estimate of drug-likeness (QED) is 0.180. The molecule has 48 heavy (non-hydrogen) atoms. The summed E-state index contributed by atoms with van der Waals surface area (Å²) in [4.78, 5) is 4.61. The van der Waals surface area contributed by atoms with Crippen LogP contribution < -0.4 is 0 Å². The molecule has 8 aromatic rings. The second kappa shape index (κ2) is 11.0. The van der Waals surface area contributed by atoms with Crippen LogP contribution in [0.1, 0.15) is 49.9 Å². The maximum Gasteiger partial charge on any atom is 0.0698 e. The van der Waals surface area contributed by atoms with E-state index in [0.717, 1.165) is 12.1 Å². The number of allylic oxidation sites excluding steroid dienone is 4. The molecule has 1 unspecified atom stereocenters. The third kappa shape index (κ3) is 4.81. The maximum atomic E-state index is 4.61. The second-order valence-electron chi connectivity index (χ2n) is 14.4. The van der Waals surface area contributed by atoms with Crippen LogP contribution in [0.4, 0.5) is 0 Å². The van der Waals surface area contributed by atoms with Gasteiger partial charge in [0.25, 0.3) is 0 Å². The van der Waals surface area contributed by atoms with Crippen molar-refractivity contribution < 1.29 is 0 Å².